The molecule has 0 bridgehead atoms. The fourth-order valence-corrected chi connectivity index (χ4v) is 2.24. The Kier molecular flexibility index (Phi) is 6.91. The van der Waals surface area contributed by atoms with Crippen molar-refractivity contribution in [2.24, 2.45) is 11.8 Å². The number of halogens is 1. The summed E-state index contributed by atoms with van der Waals surface area (Å²) in [7, 11) is 3.69. The molecule has 2 unspecified atom stereocenters. The second kappa shape index (κ2) is 8.22. The Morgan fingerprint density at radius 2 is 2.17 bits per heavy atom. The Hall–Kier alpha value is -0.930. The van der Waals surface area contributed by atoms with Crippen LogP contribution in [0.1, 0.15) is 18.9 Å². The molecule has 0 radical (unpaired) electrons. The van der Waals surface area contributed by atoms with Crippen LogP contribution >= 0.6 is 0 Å². The predicted octanol–water partition coefficient (Wildman–Crippen LogP) is 2.88. The third-order valence-electron chi connectivity index (χ3n) is 3.44. The van der Waals surface area contributed by atoms with E-state index in [-0.39, 0.29) is 5.82 Å². The summed E-state index contributed by atoms with van der Waals surface area (Å²) in [5.74, 6) is 0.910. The van der Waals surface area contributed by atoms with Crippen molar-refractivity contribution in [2.75, 3.05) is 27.3 Å². The maximum atomic E-state index is 13.2. The zero-order chi connectivity index (χ0) is 13.4. The molecule has 0 saturated heterocycles. The topological polar surface area (TPSA) is 21.3 Å². The van der Waals surface area contributed by atoms with Crippen LogP contribution in [0, 0.1) is 17.7 Å². The first-order chi connectivity index (χ1) is 8.67. The van der Waals surface area contributed by atoms with Crippen molar-refractivity contribution in [1.82, 2.24) is 5.32 Å². The van der Waals surface area contributed by atoms with E-state index in [1.807, 2.05) is 13.1 Å². The monoisotopic (exact) mass is 253 g/mol. The molecule has 0 fully saturated rings. The average Bonchev–Trinajstić information content (AvgIpc) is 2.35. The summed E-state index contributed by atoms with van der Waals surface area (Å²) >= 11 is 0. The summed E-state index contributed by atoms with van der Waals surface area (Å²) in [5, 5.41) is 3.23. The second-order valence-corrected chi connectivity index (χ2v) is 4.91. The van der Waals surface area contributed by atoms with E-state index in [9.17, 15) is 4.39 Å². The van der Waals surface area contributed by atoms with Crippen LogP contribution in [0.25, 0.3) is 0 Å². The Bertz CT molecular complexity index is 343. The van der Waals surface area contributed by atoms with Gasteiger partial charge in [-0.25, -0.2) is 4.39 Å². The molecule has 0 aromatic heterocycles. The molecule has 0 spiro atoms. The summed E-state index contributed by atoms with van der Waals surface area (Å²) in [6.45, 7) is 3.96. The fourth-order valence-electron chi connectivity index (χ4n) is 2.24. The van der Waals surface area contributed by atoms with Gasteiger partial charge in [0.05, 0.1) is 0 Å². The van der Waals surface area contributed by atoms with Gasteiger partial charge in [-0.05, 0) is 56.0 Å². The number of ether oxygens (including phenoxy) is 1. The number of benzene rings is 1. The van der Waals surface area contributed by atoms with Crippen LogP contribution in [0.2, 0.25) is 0 Å². The van der Waals surface area contributed by atoms with Crippen LogP contribution in [0.5, 0.6) is 0 Å². The molecular formula is C15H24FNO. The maximum absolute atomic E-state index is 13.2. The highest BCUT2D eigenvalue weighted by atomic mass is 19.1. The first-order valence-corrected chi connectivity index (χ1v) is 6.55. The molecule has 0 heterocycles. The molecule has 0 saturated carbocycles. The Morgan fingerprint density at radius 3 is 2.78 bits per heavy atom. The number of hydrogen-bond donors (Lipinski definition) is 1. The lowest BCUT2D eigenvalue weighted by Gasteiger charge is -2.24. The number of hydrogen-bond acceptors (Lipinski definition) is 2. The quantitative estimate of drug-likeness (QED) is 0.769. The third kappa shape index (κ3) is 5.15. The minimum atomic E-state index is -0.153. The van der Waals surface area contributed by atoms with E-state index in [1.54, 1.807) is 19.2 Å². The van der Waals surface area contributed by atoms with Gasteiger partial charge in [0.15, 0.2) is 0 Å². The standard InChI is InChI=1S/C15H24FNO/c1-12(7-8-18-3)14(11-17-2)9-13-5-4-6-15(16)10-13/h4-6,10,12,14,17H,7-9,11H2,1-3H3. The molecular weight excluding hydrogens is 229 g/mol. The highest BCUT2D eigenvalue weighted by molar-refractivity contribution is 5.17. The van der Waals surface area contributed by atoms with Crippen molar-refractivity contribution in [3.63, 3.8) is 0 Å². The van der Waals surface area contributed by atoms with Crippen molar-refractivity contribution < 1.29 is 9.13 Å². The lowest BCUT2D eigenvalue weighted by molar-refractivity contribution is 0.164. The molecule has 3 heteroatoms. The smallest absolute Gasteiger partial charge is 0.123 e. The van der Waals surface area contributed by atoms with Gasteiger partial charge < -0.3 is 10.1 Å². The van der Waals surface area contributed by atoms with Gasteiger partial charge >= 0.3 is 0 Å². The van der Waals surface area contributed by atoms with E-state index in [0.29, 0.717) is 11.8 Å². The third-order valence-corrected chi connectivity index (χ3v) is 3.44. The van der Waals surface area contributed by atoms with Crippen LogP contribution < -0.4 is 5.32 Å². The molecule has 18 heavy (non-hydrogen) atoms. The minimum absolute atomic E-state index is 0.153. The molecule has 2 atom stereocenters. The zero-order valence-electron chi connectivity index (χ0n) is 11.6. The van der Waals surface area contributed by atoms with Crippen molar-refractivity contribution >= 4 is 0 Å². The highest BCUT2D eigenvalue weighted by Crippen LogP contribution is 2.20. The maximum Gasteiger partial charge on any atom is 0.123 e. The number of rotatable bonds is 8. The van der Waals surface area contributed by atoms with Crippen LogP contribution in [-0.4, -0.2) is 27.3 Å². The van der Waals surface area contributed by atoms with E-state index in [0.717, 1.165) is 31.6 Å². The molecule has 0 aliphatic carbocycles. The Morgan fingerprint density at radius 1 is 1.39 bits per heavy atom. The Balaban J connectivity index is 2.61. The summed E-state index contributed by atoms with van der Waals surface area (Å²) in [5.41, 5.74) is 1.07. The highest BCUT2D eigenvalue weighted by Gasteiger charge is 2.17. The van der Waals surface area contributed by atoms with E-state index in [1.165, 1.54) is 6.07 Å². The molecule has 1 N–H and O–H groups in total. The van der Waals surface area contributed by atoms with Crippen LogP contribution in [0.3, 0.4) is 0 Å². The molecule has 1 aromatic rings. The van der Waals surface area contributed by atoms with Gasteiger partial charge in [0, 0.05) is 13.7 Å². The Labute approximate surface area is 110 Å². The lowest BCUT2D eigenvalue weighted by atomic mass is 9.86. The number of methoxy groups -OCH3 is 1. The number of nitrogens with one attached hydrogen (secondary N) is 1. The van der Waals surface area contributed by atoms with Gasteiger partial charge in [0.2, 0.25) is 0 Å². The van der Waals surface area contributed by atoms with E-state index >= 15 is 0 Å². The van der Waals surface area contributed by atoms with Crippen molar-refractivity contribution in [3.05, 3.63) is 35.6 Å². The summed E-state index contributed by atoms with van der Waals surface area (Å²) in [6, 6.07) is 6.90. The van der Waals surface area contributed by atoms with E-state index < -0.39 is 0 Å². The summed E-state index contributed by atoms with van der Waals surface area (Å²) in [4.78, 5) is 0. The molecule has 102 valence electrons. The molecule has 0 aliphatic rings. The van der Waals surface area contributed by atoms with E-state index in [4.69, 9.17) is 4.74 Å². The predicted molar refractivity (Wildman–Crippen MR) is 73.2 cm³/mol. The molecule has 1 rings (SSSR count). The zero-order valence-corrected chi connectivity index (χ0v) is 11.6. The molecule has 0 aliphatic heterocycles. The van der Waals surface area contributed by atoms with Gasteiger partial charge in [-0.3, -0.25) is 0 Å². The largest absolute Gasteiger partial charge is 0.385 e. The fraction of sp³-hybridized carbons (Fsp3) is 0.600. The van der Waals surface area contributed by atoms with Gasteiger partial charge in [-0.15, -0.1) is 0 Å². The summed E-state index contributed by atoms with van der Waals surface area (Å²) in [6.07, 6.45) is 1.95. The van der Waals surface area contributed by atoms with Crippen molar-refractivity contribution in [3.8, 4) is 0 Å². The van der Waals surface area contributed by atoms with Gasteiger partial charge in [-0.2, -0.15) is 0 Å². The minimum Gasteiger partial charge on any atom is -0.385 e. The SMILES string of the molecule is CNCC(Cc1cccc(F)c1)C(C)CCOC. The average molecular weight is 253 g/mol. The van der Waals surface area contributed by atoms with Crippen LogP contribution in [0.4, 0.5) is 4.39 Å². The molecule has 1 aromatic carbocycles. The first-order valence-electron chi connectivity index (χ1n) is 6.55. The van der Waals surface area contributed by atoms with Crippen molar-refractivity contribution in [2.45, 2.75) is 19.8 Å². The van der Waals surface area contributed by atoms with Crippen molar-refractivity contribution in [1.29, 1.82) is 0 Å². The van der Waals surface area contributed by atoms with Crippen LogP contribution in [-0.2, 0) is 11.2 Å². The lowest BCUT2D eigenvalue weighted by Crippen LogP contribution is -2.27. The molecule has 0 amide bonds. The summed E-state index contributed by atoms with van der Waals surface area (Å²) < 4.78 is 18.3. The van der Waals surface area contributed by atoms with E-state index in [2.05, 4.69) is 12.2 Å². The van der Waals surface area contributed by atoms with Gasteiger partial charge in [0.1, 0.15) is 5.82 Å². The molecule has 2 nitrogen and oxygen atoms in total. The van der Waals surface area contributed by atoms with Gasteiger partial charge in [0.25, 0.3) is 0 Å². The van der Waals surface area contributed by atoms with Gasteiger partial charge in [-0.1, -0.05) is 19.1 Å². The second-order valence-electron chi connectivity index (χ2n) is 4.91. The normalized spacial score (nSPS) is 14.4. The van der Waals surface area contributed by atoms with Crippen LogP contribution in [0.15, 0.2) is 24.3 Å². The first kappa shape index (κ1) is 15.1.